The van der Waals surface area contributed by atoms with Crippen LogP contribution in [0.2, 0.25) is 0 Å². The SMILES string of the molecule is C=CCN(CCOC)C(=O)Nc1ccc(C(=O)O)cc1F. The molecule has 0 aromatic heterocycles. The molecule has 6 nitrogen and oxygen atoms in total. The molecule has 0 unspecified atom stereocenters. The van der Waals surface area contributed by atoms with Crippen molar-refractivity contribution in [2.75, 3.05) is 32.1 Å². The molecule has 0 spiro atoms. The minimum absolute atomic E-state index is 0.0866. The first-order chi connectivity index (χ1) is 9.99. The molecule has 0 aliphatic heterocycles. The van der Waals surface area contributed by atoms with Gasteiger partial charge in [-0.1, -0.05) is 6.08 Å². The molecule has 0 saturated heterocycles. The third-order valence-electron chi connectivity index (χ3n) is 2.66. The summed E-state index contributed by atoms with van der Waals surface area (Å²) in [7, 11) is 1.51. The summed E-state index contributed by atoms with van der Waals surface area (Å²) < 4.78 is 18.6. The smallest absolute Gasteiger partial charge is 0.335 e. The van der Waals surface area contributed by atoms with E-state index in [0.717, 1.165) is 6.07 Å². The number of rotatable bonds is 7. The molecule has 114 valence electrons. The highest BCUT2D eigenvalue weighted by Crippen LogP contribution is 2.16. The van der Waals surface area contributed by atoms with Gasteiger partial charge in [0, 0.05) is 20.2 Å². The zero-order valence-corrected chi connectivity index (χ0v) is 11.6. The number of carboxylic acids is 1. The first-order valence-corrected chi connectivity index (χ1v) is 6.18. The number of halogens is 1. The number of hydrogen-bond donors (Lipinski definition) is 2. The number of amides is 2. The molecule has 7 heteroatoms. The summed E-state index contributed by atoms with van der Waals surface area (Å²) >= 11 is 0. The molecule has 1 aromatic carbocycles. The molecule has 1 aromatic rings. The molecule has 0 fully saturated rings. The van der Waals surface area contributed by atoms with Gasteiger partial charge in [-0.05, 0) is 18.2 Å². The predicted octanol–water partition coefficient (Wildman–Crippen LogP) is 2.19. The molecule has 0 bridgehead atoms. The maximum Gasteiger partial charge on any atom is 0.335 e. The standard InChI is InChI=1S/C14H17FN2O4/c1-3-6-17(7-8-21-2)14(20)16-12-5-4-10(13(18)19)9-11(12)15/h3-5,9H,1,6-8H2,2H3,(H,16,20)(H,18,19). The summed E-state index contributed by atoms with van der Waals surface area (Å²) in [5, 5.41) is 11.1. The Morgan fingerprint density at radius 3 is 2.76 bits per heavy atom. The lowest BCUT2D eigenvalue weighted by atomic mass is 10.2. The van der Waals surface area contributed by atoms with Gasteiger partial charge in [0.1, 0.15) is 5.82 Å². The minimum Gasteiger partial charge on any atom is -0.478 e. The zero-order valence-electron chi connectivity index (χ0n) is 11.6. The molecule has 0 aliphatic carbocycles. The van der Waals surface area contributed by atoms with Gasteiger partial charge in [-0.25, -0.2) is 14.0 Å². The van der Waals surface area contributed by atoms with Crippen molar-refractivity contribution in [1.82, 2.24) is 4.90 Å². The highest BCUT2D eigenvalue weighted by atomic mass is 19.1. The molecule has 0 aliphatic rings. The fraction of sp³-hybridized carbons (Fsp3) is 0.286. The van der Waals surface area contributed by atoms with Crippen LogP contribution in [0.4, 0.5) is 14.9 Å². The summed E-state index contributed by atoms with van der Waals surface area (Å²) in [6.45, 7) is 4.48. The summed E-state index contributed by atoms with van der Waals surface area (Å²) in [5.74, 6) is -2.05. The minimum atomic E-state index is -1.24. The van der Waals surface area contributed by atoms with Crippen LogP contribution < -0.4 is 5.32 Å². The van der Waals surface area contributed by atoms with E-state index in [9.17, 15) is 14.0 Å². The third kappa shape index (κ3) is 4.88. The Labute approximate surface area is 121 Å². The maximum absolute atomic E-state index is 13.7. The van der Waals surface area contributed by atoms with Crippen molar-refractivity contribution >= 4 is 17.7 Å². The van der Waals surface area contributed by atoms with Crippen molar-refractivity contribution in [3.63, 3.8) is 0 Å². The number of nitrogens with zero attached hydrogens (tertiary/aromatic N) is 1. The number of anilines is 1. The summed E-state index contributed by atoms with van der Waals surface area (Å²) in [5.41, 5.74) is -0.274. The van der Waals surface area contributed by atoms with Gasteiger partial charge in [-0.15, -0.1) is 6.58 Å². The van der Waals surface area contributed by atoms with Crippen molar-refractivity contribution in [3.8, 4) is 0 Å². The molecule has 1 rings (SSSR count). The predicted molar refractivity (Wildman–Crippen MR) is 76.0 cm³/mol. The molecule has 21 heavy (non-hydrogen) atoms. The summed E-state index contributed by atoms with van der Waals surface area (Å²) in [6, 6.07) is 2.76. The number of methoxy groups -OCH3 is 1. The summed E-state index contributed by atoms with van der Waals surface area (Å²) in [6.07, 6.45) is 1.54. The second-order valence-electron chi connectivity index (χ2n) is 4.16. The molecule has 0 heterocycles. The normalized spacial score (nSPS) is 10.0. The van der Waals surface area contributed by atoms with Gasteiger partial charge in [0.05, 0.1) is 17.9 Å². The van der Waals surface area contributed by atoms with Gasteiger partial charge >= 0.3 is 12.0 Å². The van der Waals surface area contributed by atoms with Gasteiger partial charge in [0.2, 0.25) is 0 Å². The highest BCUT2D eigenvalue weighted by molar-refractivity contribution is 5.91. The maximum atomic E-state index is 13.7. The Balaban J connectivity index is 2.80. The van der Waals surface area contributed by atoms with Gasteiger partial charge in [-0.2, -0.15) is 0 Å². The van der Waals surface area contributed by atoms with Crippen LogP contribution in [0.1, 0.15) is 10.4 Å². The van der Waals surface area contributed by atoms with E-state index in [2.05, 4.69) is 11.9 Å². The van der Waals surface area contributed by atoms with Crippen molar-refractivity contribution < 1.29 is 23.8 Å². The molecule has 2 N–H and O–H groups in total. The van der Waals surface area contributed by atoms with Gasteiger partial charge < -0.3 is 20.1 Å². The van der Waals surface area contributed by atoms with E-state index in [-0.39, 0.29) is 17.8 Å². The van der Waals surface area contributed by atoms with Crippen LogP contribution in [0, 0.1) is 5.82 Å². The van der Waals surface area contributed by atoms with Crippen LogP contribution >= 0.6 is 0 Å². The van der Waals surface area contributed by atoms with Gasteiger partial charge in [0.25, 0.3) is 0 Å². The zero-order chi connectivity index (χ0) is 15.8. The van der Waals surface area contributed by atoms with Crippen molar-refractivity contribution in [1.29, 1.82) is 0 Å². The lowest BCUT2D eigenvalue weighted by molar-refractivity contribution is 0.0696. The number of urea groups is 1. The lowest BCUT2D eigenvalue weighted by Crippen LogP contribution is -2.37. The van der Waals surface area contributed by atoms with E-state index in [1.165, 1.54) is 24.1 Å². The summed E-state index contributed by atoms with van der Waals surface area (Å²) in [4.78, 5) is 24.1. The average Bonchev–Trinajstić information content (AvgIpc) is 2.45. The van der Waals surface area contributed by atoms with E-state index >= 15 is 0 Å². The van der Waals surface area contributed by atoms with Crippen LogP contribution in [-0.4, -0.2) is 48.8 Å². The van der Waals surface area contributed by atoms with Crippen LogP contribution in [0.3, 0.4) is 0 Å². The number of nitrogens with one attached hydrogen (secondary N) is 1. The third-order valence-corrected chi connectivity index (χ3v) is 2.66. The number of carboxylic acid groups (broad SMARTS) is 1. The van der Waals surface area contributed by atoms with E-state index in [0.29, 0.717) is 13.2 Å². The van der Waals surface area contributed by atoms with Crippen LogP contribution in [0.15, 0.2) is 30.9 Å². The topological polar surface area (TPSA) is 78.9 Å². The van der Waals surface area contributed by atoms with E-state index in [4.69, 9.17) is 9.84 Å². The van der Waals surface area contributed by atoms with Crippen molar-refractivity contribution in [2.24, 2.45) is 0 Å². The Morgan fingerprint density at radius 1 is 1.52 bits per heavy atom. The van der Waals surface area contributed by atoms with E-state index in [1.807, 2.05) is 0 Å². The number of benzene rings is 1. The fourth-order valence-corrected chi connectivity index (χ4v) is 1.58. The first kappa shape index (κ1) is 16.6. The lowest BCUT2D eigenvalue weighted by Gasteiger charge is -2.21. The van der Waals surface area contributed by atoms with Crippen LogP contribution in [0.5, 0.6) is 0 Å². The number of carbonyl (C=O) groups excluding carboxylic acids is 1. The number of aromatic carboxylic acids is 1. The number of carbonyl (C=O) groups is 2. The Morgan fingerprint density at radius 2 is 2.24 bits per heavy atom. The van der Waals surface area contributed by atoms with Crippen molar-refractivity contribution in [2.45, 2.75) is 0 Å². The molecule has 0 saturated carbocycles. The number of hydrogen-bond acceptors (Lipinski definition) is 3. The van der Waals surface area contributed by atoms with Crippen LogP contribution in [-0.2, 0) is 4.74 Å². The van der Waals surface area contributed by atoms with E-state index < -0.39 is 17.8 Å². The average molecular weight is 296 g/mol. The Kier molecular flexibility index (Phi) is 6.35. The molecule has 2 amide bonds. The second-order valence-corrected chi connectivity index (χ2v) is 4.16. The van der Waals surface area contributed by atoms with Gasteiger partial charge in [-0.3, -0.25) is 0 Å². The first-order valence-electron chi connectivity index (χ1n) is 6.18. The highest BCUT2D eigenvalue weighted by Gasteiger charge is 2.15. The number of ether oxygens (including phenoxy) is 1. The second kappa shape index (κ2) is 8.01. The Hall–Kier alpha value is -2.41. The van der Waals surface area contributed by atoms with Gasteiger partial charge in [0.15, 0.2) is 0 Å². The molecule has 0 radical (unpaired) electrons. The monoisotopic (exact) mass is 296 g/mol. The fourth-order valence-electron chi connectivity index (χ4n) is 1.58. The molecule has 0 atom stereocenters. The molecular formula is C14H17FN2O4. The van der Waals surface area contributed by atoms with Crippen molar-refractivity contribution in [3.05, 3.63) is 42.2 Å². The Bertz CT molecular complexity index is 534. The quantitative estimate of drug-likeness (QED) is 0.756. The molecular weight excluding hydrogens is 279 g/mol. The largest absolute Gasteiger partial charge is 0.478 e. The van der Waals surface area contributed by atoms with E-state index in [1.54, 1.807) is 6.08 Å². The van der Waals surface area contributed by atoms with Crippen LogP contribution in [0.25, 0.3) is 0 Å².